The van der Waals surface area contributed by atoms with Crippen LogP contribution in [0.5, 0.6) is 0 Å². The molecule has 1 aliphatic rings. The summed E-state index contributed by atoms with van der Waals surface area (Å²) in [5, 5.41) is 2.02. The molecule has 0 aliphatic carbocycles. The second kappa shape index (κ2) is 3.22. The Hall–Kier alpha value is -0.570. The fourth-order valence-corrected chi connectivity index (χ4v) is 1.50. The predicted molar refractivity (Wildman–Crippen MR) is 43.8 cm³/mol. The van der Waals surface area contributed by atoms with Crippen molar-refractivity contribution in [1.82, 2.24) is 10.4 Å². The van der Waals surface area contributed by atoms with Gasteiger partial charge in [0.15, 0.2) is 0 Å². The van der Waals surface area contributed by atoms with Crippen molar-refractivity contribution in [2.45, 2.75) is 33.2 Å². The van der Waals surface area contributed by atoms with Crippen molar-refractivity contribution in [3.8, 4) is 0 Å². The van der Waals surface area contributed by atoms with Crippen molar-refractivity contribution >= 4 is 5.91 Å². The Bertz CT molecular complexity index is 156. The maximum atomic E-state index is 11.0. The zero-order valence-corrected chi connectivity index (χ0v) is 7.42. The lowest BCUT2D eigenvalue weighted by atomic mass is 10.0. The van der Waals surface area contributed by atoms with Crippen LogP contribution in [0.4, 0.5) is 0 Å². The maximum Gasteiger partial charge on any atom is 0.235 e. The number of nitrogens with one attached hydrogen (secondary N) is 1. The molecule has 1 heterocycles. The van der Waals surface area contributed by atoms with E-state index in [1.165, 1.54) is 0 Å². The monoisotopic (exact) mass is 156 g/mol. The van der Waals surface area contributed by atoms with Gasteiger partial charge in [-0.2, -0.15) is 0 Å². The van der Waals surface area contributed by atoms with Crippen LogP contribution in [-0.2, 0) is 4.79 Å². The van der Waals surface area contributed by atoms with E-state index in [9.17, 15) is 4.79 Å². The van der Waals surface area contributed by atoms with Gasteiger partial charge in [0, 0.05) is 19.0 Å². The number of carbonyl (C=O) groups excluding carboxylic acids is 1. The summed E-state index contributed by atoms with van der Waals surface area (Å²) < 4.78 is 0. The zero-order chi connectivity index (χ0) is 8.43. The smallest absolute Gasteiger partial charge is 0.235 e. The second-order valence-corrected chi connectivity index (χ2v) is 3.34. The average molecular weight is 156 g/mol. The largest absolute Gasteiger partial charge is 0.289 e. The van der Waals surface area contributed by atoms with Gasteiger partial charge in [0.2, 0.25) is 5.91 Å². The van der Waals surface area contributed by atoms with E-state index in [1.807, 2.05) is 5.01 Å². The molecule has 11 heavy (non-hydrogen) atoms. The highest BCUT2D eigenvalue weighted by molar-refractivity contribution is 5.78. The van der Waals surface area contributed by atoms with Crippen LogP contribution in [0.25, 0.3) is 0 Å². The van der Waals surface area contributed by atoms with Crippen LogP contribution in [0.2, 0.25) is 0 Å². The van der Waals surface area contributed by atoms with Crippen LogP contribution in [0.15, 0.2) is 0 Å². The third-order valence-electron chi connectivity index (χ3n) is 2.17. The van der Waals surface area contributed by atoms with Gasteiger partial charge in [-0.15, -0.1) is 0 Å². The Balaban J connectivity index is 2.57. The number of nitrogens with zero attached hydrogens (tertiary/aromatic N) is 1. The third kappa shape index (κ3) is 1.71. The molecular formula is C8H16N2O. The molecule has 0 bridgehead atoms. The summed E-state index contributed by atoms with van der Waals surface area (Å²) in [5.41, 5.74) is 2.83. The Kier molecular flexibility index (Phi) is 2.49. The van der Waals surface area contributed by atoms with Gasteiger partial charge in [0.05, 0.1) is 0 Å². The first-order valence-electron chi connectivity index (χ1n) is 4.21. The van der Waals surface area contributed by atoms with Crippen molar-refractivity contribution in [3.63, 3.8) is 0 Å². The van der Waals surface area contributed by atoms with Crippen LogP contribution >= 0.6 is 0 Å². The number of amides is 1. The molecule has 0 aromatic rings. The molecule has 0 radical (unpaired) electrons. The fraction of sp³-hybridized carbons (Fsp3) is 0.875. The SMILES string of the molecule is CCN1NC(=O)CC1C(C)C. The number of hydrazine groups is 1. The number of hydrogen-bond donors (Lipinski definition) is 1. The summed E-state index contributed by atoms with van der Waals surface area (Å²) in [7, 11) is 0. The molecule has 0 spiro atoms. The Morgan fingerprint density at radius 3 is 2.73 bits per heavy atom. The number of carbonyl (C=O) groups is 1. The van der Waals surface area contributed by atoms with E-state index in [1.54, 1.807) is 0 Å². The van der Waals surface area contributed by atoms with E-state index in [0.29, 0.717) is 18.4 Å². The lowest BCUT2D eigenvalue weighted by molar-refractivity contribution is -0.120. The van der Waals surface area contributed by atoms with E-state index >= 15 is 0 Å². The Morgan fingerprint density at radius 1 is 1.73 bits per heavy atom. The van der Waals surface area contributed by atoms with Crippen LogP contribution in [0, 0.1) is 5.92 Å². The highest BCUT2D eigenvalue weighted by Crippen LogP contribution is 2.17. The summed E-state index contributed by atoms with van der Waals surface area (Å²) in [6.07, 6.45) is 0.658. The van der Waals surface area contributed by atoms with Crippen LogP contribution in [-0.4, -0.2) is 23.5 Å². The minimum absolute atomic E-state index is 0.158. The summed E-state index contributed by atoms with van der Waals surface area (Å²) in [6.45, 7) is 7.25. The molecule has 0 aromatic heterocycles. The molecule has 1 aliphatic heterocycles. The van der Waals surface area contributed by atoms with Crippen LogP contribution < -0.4 is 5.43 Å². The molecule has 3 nitrogen and oxygen atoms in total. The molecule has 1 N–H and O–H groups in total. The highest BCUT2D eigenvalue weighted by Gasteiger charge is 2.30. The minimum atomic E-state index is 0.158. The lowest BCUT2D eigenvalue weighted by Crippen LogP contribution is -2.40. The van der Waals surface area contributed by atoms with Gasteiger partial charge in [-0.1, -0.05) is 20.8 Å². The van der Waals surface area contributed by atoms with E-state index in [0.717, 1.165) is 6.54 Å². The number of hydrogen-bond acceptors (Lipinski definition) is 2. The number of rotatable bonds is 2. The van der Waals surface area contributed by atoms with Gasteiger partial charge in [0.1, 0.15) is 0 Å². The first kappa shape index (κ1) is 8.53. The van der Waals surface area contributed by atoms with E-state index in [2.05, 4.69) is 26.2 Å². The van der Waals surface area contributed by atoms with Gasteiger partial charge in [-0.3, -0.25) is 10.2 Å². The van der Waals surface area contributed by atoms with Crippen molar-refractivity contribution in [2.75, 3.05) is 6.54 Å². The molecule has 1 fully saturated rings. The highest BCUT2D eigenvalue weighted by atomic mass is 16.2. The zero-order valence-electron chi connectivity index (χ0n) is 7.42. The minimum Gasteiger partial charge on any atom is -0.289 e. The molecule has 0 aromatic carbocycles. The maximum absolute atomic E-state index is 11.0. The first-order chi connectivity index (χ1) is 5.15. The summed E-state index contributed by atoms with van der Waals surface area (Å²) in [6, 6.07) is 0.396. The predicted octanol–water partition coefficient (Wildman–Crippen LogP) is 0.768. The summed E-state index contributed by atoms with van der Waals surface area (Å²) in [4.78, 5) is 11.0. The van der Waals surface area contributed by atoms with Crippen molar-refractivity contribution < 1.29 is 4.79 Å². The summed E-state index contributed by atoms with van der Waals surface area (Å²) >= 11 is 0. The van der Waals surface area contributed by atoms with Crippen molar-refractivity contribution in [2.24, 2.45) is 5.92 Å². The topological polar surface area (TPSA) is 32.3 Å². The molecule has 1 saturated heterocycles. The average Bonchev–Trinajstić information content (AvgIpc) is 2.30. The van der Waals surface area contributed by atoms with Crippen molar-refractivity contribution in [3.05, 3.63) is 0 Å². The fourth-order valence-electron chi connectivity index (χ4n) is 1.50. The molecular weight excluding hydrogens is 140 g/mol. The normalized spacial score (nSPS) is 26.2. The molecule has 3 heteroatoms. The summed E-state index contributed by atoms with van der Waals surface area (Å²) in [5.74, 6) is 0.708. The van der Waals surface area contributed by atoms with Gasteiger partial charge in [-0.25, -0.2) is 5.01 Å². The van der Waals surface area contributed by atoms with Crippen LogP contribution in [0.1, 0.15) is 27.2 Å². The van der Waals surface area contributed by atoms with E-state index < -0.39 is 0 Å². The van der Waals surface area contributed by atoms with Gasteiger partial charge >= 0.3 is 0 Å². The standard InChI is InChI=1S/C8H16N2O/c1-4-10-7(6(2)3)5-8(11)9-10/h6-7H,4-5H2,1-3H3,(H,9,11). The molecule has 64 valence electrons. The van der Waals surface area contributed by atoms with Crippen molar-refractivity contribution in [1.29, 1.82) is 0 Å². The third-order valence-corrected chi connectivity index (χ3v) is 2.17. The molecule has 0 saturated carbocycles. The molecule has 1 rings (SSSR count). The van der Waals surface area contributed by atoms with E-state index in [4.69, 9.17) is 0 Å². The quantitative estimate of drug-likeness (QED) is 0.640. The molecule has 1 amide bonds. The van der Waals surface area contributed by atoms with Gasteiger partial charge in [-0.05, 0) is 5.92 Å². The molecule has 1 atom stereocenters. The Labute approximate surface area is 67.7 Å². The molecule has 1 unspecified atom stereocenters. The second-order valence-electron chi connectivity index (χ2n) is 3.34. The first-order valence-corrected chi connectivity index (χ1v) is 4.21. The van der Waals surface area contributed by atoms with E-state index in [-0.39, 0.29) is 5.91 Å². The van der Waals surface area contributed by atoms with Crippen LogP contribution in [0.3, 0.4) is 0 Å². The van der Waals surface area contributed by atoms with Gasteiger partial charge < -0.3 is 0 Å². The van der Waals surface area contributed by atoms with Gasteiger partial charge in [0.25, 0.3) is 0 Å². The lowest BCUT2D eigenvalue weighted by Gasteiger charge is -2.24. The Morgan fingerprint density at radius 2 is 2.36 bits per heavy atom.